The molecule has 0 saturated carbocycles. The van der Waals surface area contributed by atoms with Crippen molar-refractivity contribution in [1.29, 1.82) is 0 Å². The second-order valence-corrected chi connectivity index (χ2v) is 3.34. The van der Waals surface area contributed by atoms with Gasteiger partial charge in [0.05, 0.1) is 5.70 Å². The van der Waals surface area contributed by atoms with E-state index >= 15 is 0 Å². The fourth-order valence-electron chi connectivity index (χ4n) is 0.827. The highest BCUT2D eigenvalue weighted by atomic mass is 79.9. The zero-order chi connectivity index (χ0) is 8.97. The molecule has 0 atom stereocenters. The van der Waals surface area contributed by atoms with E-state index in [9.17, 15) is 4.91 Å². The van der Waals surface area contributed by atoms with Gasteiger partial charge in [0.2, 0.25) is 0 Å². The molecule has 12 heavy (non-hydrogen) atoms. The molecule has 1 aromatic carbocycles. The number of nitroso groups, excluding NO2 is 1. The van der Waals surface area contributed by atoms with Crippen LogP contribution in [-0.4, -0.2) is 0 Å². The number of rotatable bonds is 2. The third kappa shape index (κ3) is 2.58. The summed E-state index contributed by atoms with van der Waals surface area (Å²) >= 11 is 3.32. The van der Waals surface area contributed by atoms with E-state index in [2.05, 4.69) is 21.1 Å². The Morgan fingerprint density at radius 1 is 1.42 bits per heavy atom. The lowest BCUT2D eigenvalue weighted by molar-refractivity contribution is 1.31. The van der Waals surface area contributed by atoms with Gasteiger partial charge in [-0.1, -0.05) is 28.1 Å². The van der Waals surface area contributed by atoms with Gasteiger partial charge >= 0.3 is 0 Å². The molecule has 0 heterocycles. The van der Waals surface area contributed by atoms with Gasteiger partial charge in [-0.3, -0.25) is 0 Å². The summed E-state index contributed by atoms with van der Waals surface area (Å²) in [6.45, 7) is 1.68. The van der Waals surface area contributed by atoms with E-state index in [-0.39, 0.29) is 0 Å². The van der Waals surface area contributed by atoms with E-state index in [0.717, 1.165) is 10.0 Å². The first-order valence-corrected chi connectivity index (χ1v) is 4.29. The molecule has 0 aromatic heterocycles. The molecule has 0 aliphatic rings. The second kappa shape index (κ2) is 4.16. The van der Waals surface area contributed by atoms with Crippen LogP contribution in [0.25, 0.3) is 6.08 Å². The molecule has 0 saturated heterocycles. The van der Waals surface area contributed by atoms with Crippen LogP contribution in [0.3, 0.4) is 0 Å². The van der Waals surface area contributed by atoms with Crippen molar-refractivity contribution in [1.82, 2.24) is 0 Å². The highest BCUT2D eigenvalue weighted by Crippen LogP contribution is 2.13. The number of hydrogen-bond donors (Lipinski definition) is 0. The van der Waals surface area contributed by atoms with Crippen LogP contribution in [-0.2, 0) is 0 Å². The highest BCUT2D eigenvalue weighted by Gasteiger charge is 1.90. The quantitative estimate of drug-likeness (QED) is 0.708. The minimum absolute atomic E-state index is 0.484. The molecule has 3 heteroatoms. The zero-order valence-electron chi connectivity index (χ0n) is 6.62. The molecule has 0 spiro atoms. The number of allylic oxidation sites excluding steroid dienone is 1. The van der Waals surface area contributed by atoms with Crippen molar-refractivity contribution >= 4 is 22.0 Å². The van der Waals surface area contributed by atoms with Gasteiger partial charge in [0.25, 0.3) is 0 Å². The lowest BCUT2D eigenvalue weighted by Crippen LogP contribution is -1.72. The summed E-state index contributed by atoms with van der Waals surface area (Å²) < 4.78 is 1.02. The molecule has 1 aromatic rings. The first kappa shape index (κ1) is 9.13. The Labute approximate surface area is 79.4 Å². The smallest absolute Gasteiger partial charge is 0.0824 e. The average Bonchev–Trinajstić information content (AvgIpc) is 2.09. The van der Waals surface area contributed by atoms with E-state index in [4.69, 9.17) is 0 Å². The largest absolute Gasteiger partial charge is 0.145 e. The number of hydrogen-bond acceptors (Lipinski definition) is 2. The molecule has 1 rings (SSSR count). The maximum atomic E-state index is 10.0. The fourth-order valence-corrected chi connectivity index (χ4v) is 1.09. The summed E-state index contributed by atoms with van der Waals surface area (Å²) in [6.07, 6.45) is 1.74. The zero-order valence-corrected chi connectivity index (χ0v) is 8.21. The van der Waals surface area contributed by atoms with Gasteiger partial charge in [-0.05, 0) is 35.9 Å². The van der Waals surface area contributed by atoms with Crippen LogP contribution >= 0.6 is 15.9 Å². The van der Waals surface area contributed by atoms with E-state index in [1.807, 2.05) is 24.3 Å². The summed E-state index contributed by atoms with van der Waals surface area (Å²) in [6, 6.07) is 7.67. The summed E-state index contributed by atoms with van der Waals surface area (Å²) in [7, 11) is 0. The predicted octanol–water partition coefficient (Wildman–Crippen LogP) is 3.58. The van der Waals surface area contributed by atoms with Crippen LogP contribution in [0, 0.1) is 4.91 Å². The average molecular weight is 226 g/mol. The van der Waals surface area contributed by atoms with Crippen LogP contribution in [0.4, 0.5) is 0 Å². The molecular formula is C9H8BrNO. The number of halogens is 1. The molecule has 0 fully saturated rings. The molecule has 2 nitrogen and oxygen atoms in total. The Balaban J connectivity index is 2.91. The highest BCUT2D eigenvalue weighted by molar-refractivity contribution is 9.10. The van der Waals surface area contributed by atoms with Crippen LogP contribution in [0.1, 0.15) is 12.5 Å². The van der Waals surface area contributed by atoms with Crippen molar-refractivity contribution in [3.8, 4) is 0 Å². The van der Waals surface area contributed by atoms with Gasteiger partial charge in [0.15, 0.2) is 0 Å². The van der Waals surface area contributed by atoms with E-state index in [1.165, 1.54) is 0 Å². The summed E-state index contributed by atoms with van der Waals surface area (Å²) in [5, 5.41) is 2.81. The first-order chi connectivity index (χ1) is 5.72. The second-order valence-electron chi connectivity index (χ2n) is 2.43. The van der Waals surface area contributed by atoms with Crippen LogP contribution < -0.4 is 0 Å². The van der Waals surface area contributed by atoms with Gasteiger partial charge in [0.1, 0.15) is 0 Å². The van der Waals surface area contributed by atoms with Gasteiger partial charge < -0.3 is 0 Å². The van der Waals surface area contributed by atoms with Crippen LogP contribution in [0.5, 0.6) is 0 Å². The monoisotopic (exact) mass is 225 g/mol. The van der Waals surface area contributed by atoms with E-state index in [0.29, 0.717) is 5.70 Å². The maximum Gasteiger partial charge on any atom is 0.0824 e. The Kier molecular flexibility index (Phi) is 3.17. The molecule has 0 aliphatic heterocycles. The number of nitrogens with zero attached hydrogens (tertiary/aromatic N) is 1. The standard InChI is InChI=1S/C9H8BrNO/c1-7(11-12)6-8-2-4-9(10)5-3-8/h2-6H,1H3/b7-6-. The van der Waals surface area contributed by atoms with E-state index < -0.39 is 0 Å². The Bertz CT molecular complexity index is 303. The van der Waals surface area contributed by atoms with Gasteiger partial charge in [-0.2, -0.15) is 0 Å². The Morgan fingerprint density at radius 3 is 2.50 bits per heavy atom. The minimum Gasteiger partial charge on any atom is -0.145 e. The number of benzene rings is 1. The summed E-state index contributed by atoms with van der Waals surface area (Å²) in [5.74, 6) is 0. The lowest BCUT2D eigenvalue weighted by atomic mass is 10.2. The summed E-state index contributed by atoms with van der Waals surface area (Å²) in [4.78, 5) is 10.0. The van der Waals surface area contributed by atoms with Gasteiger partial charge in [-0.25, -0.2) is 0 Å². The Morgan fingerprint density at radius 2 is 2.00 bits per heavy atom. The van der Waals surface area contributed by atoms with Crippen molar-refractivity contribution in [2.75, 3.05) is 0 Å². The molecule has 0 amide bonds. The molecule has 0 aliphatic carbocycles. The maximum absolute atomic E-state index is 10.0. The first-order valence-electron chi connectivity index (χ1n) is 3.49. The topological polar surface area (TPSA) is 29.4 Å². The van der Waals surface area contributed by atoms with Crippen molar-refractivity contribution in [2.24, 2.45) is 5.18 Å². The molecule has 62 valence electrons. The summed E-state index contributed by atoms with van der Waals surface area (Å²) in [5.41, 5.74) is 1.47. The van der Waals surface area contributed by atoms with Crippen molar-refractivity contribution in [3.63, 3.8) is 0 Å². The molecular weight excluding hydrogens is 218 g/mol. The molecule has 0 bridgehead atoms. The van der Waals surface area contributed by atoms with Crippen molar-refractivity contribution in [2.45, 2.75) is 6.92 Å². The SMILES string of the molecule is C/C(=C/c1ccc(Br)cc1)N=O. The van der Waals surface area contributed by atoms with E-state index in [1.54, 1.807) is 13.0 Å². The van der Waals surface area contributed by atoms with Crippen molar-refractivity contribution in [3.05, 3.63) is 44.9 Å². The van der Waals surface area contributed by atoms with Gasteiger partial charge in [0, 0.05) is 4.47 Å². The Hall–Kier alpha value is -0.960. The lowest BCUT2D eigenvalue weighted by Gasteiger charge is -1.93. The minimum atomic E-state index is 0.484. The fraction of sp³-hybridized carbons (Fsp3) is 0.111. The van der Waals surface area contributed by atoms with Crippen LogP contribution in [0.15, 0.2) is 39.6 Å². The normalized spacial score (nSPS) is 11.3. The van der Waals surface area contributed by atoms with Crippen molar-refractivity contribution < 1.29 is 0 Å². The molecule has 0 N–H and O–H groups in total. The third-order valence-corrected chi connectivity index (χ3v) is 1.92. The predicted molar refractivity (Wildman–Crippen MR) is 53.6 cm³/mol. The molecule has 0 radical (unpaired) electrons. The van der Waals surface area contributed by atoms with Crippen LogP contribution in [0.2, 0.25) is 0 Å². The third-order valence-electron chi connectivity index (χ3n) is 1.39. The molecule has 0 unspecified atom stereocenters. The van der Waals surface area contributed by atoms with Gasteiger partial charge in [-0.15, -0.1) is 4.91 Å².